The van der Waals surface area contributed by atoms with Crippen molar-refractivity contribution < 1.29 is 9.15 Å². The molecule has 0 saturated heterocycles. The minimum Gasteiger partial charge on any atom is -0.495 e. The third kappa shape index (κ3) is 1.65. The second-order valence-electron chi connectivity index (χ2n) is 3.72. The van der Waals surface area contributed by atoms with Crippen LogP contribution in [0.2, 0.25) is 0 Å². The van der Waals surface area contributed by atoms with E-state index >= 15 is 0 Å². The Labute approximate surface area is 97.7 Å². The first kappa shape index (κ1) is 9.89. The highest BCUT2D eigenvalue weighted by Gasteiger charge is 2.09. The maximum absolute atomic E-state index is 5.49. The Kier molecular flexibility index (Phi) is 2.11. The van der Waals surface area contributed by atoms with E-state index in [1.54, 1.807) is 17.8 Å². The van der Waals surface area contributed by atoms with Gasteiger partial charge in [0.15, 0.2) is 11.4 Å². The molecule has 0 saturated carbocycles. The number of furan rings is 1. The van der Waals surface area contributed by atoms with Gasteiger partial charge in [-0.25, -0.2) is 9.50 Å². The van der Waals surface area contributed by atoms with Gasteiger partial charge in [0.25, 0.3) is 0 Å². The first-order valence-corrected chi connectivity index (χ1v) is 5.23. The molecule has 0 aromatic carbocycles. The van der Waals surface area contributed by atoms with E-state index in [0.29, 0.717) is 11.6 Å². The number of fused-ring (bicyclic) bond motifs is 1. The maximum atomic E-state index is 5.49. The summed E-state index contributed by atoms with van der Waals surface area (Å²) in [5.74, 6) is 2.83. The smallest absolute Gasteiger partial charge is 0.217 e. The predicted molar refractivity (Wildman–Crippen MR) is 62.0 cm³/mol. The molecule has 0 N–H and O–H groups in total. The molecule has 5 heteroatoms. The molecule has 0 unspecified atom stereocenters. The summed E-state index contributed by atoms with van der Waals surface area (Å²) in [5, 5.41) is 4.34. The summed E-state index contributed by atoms with van der Waals surface area (Å²) in [6.45, 7) is 1.89. The Bertz CT molecular complexity index is 669. The Hall–Kier alpha value is -2.30. The molecule has 0 aliphatic rings. The van der Waals surface area contributed by atoms with Gasteiger partial charge in [-0.2, -0.15) is 0 Å². The van der Waals surface area contributed by atoms with Crippen molar-refractivity contribution in [1.82, 2.24) is 14.6 Å². The number of methoxy groups -OCH3 is 1. The van der Waals surface area contributed by atoms with Crippen LogP contribution < -0.4 is 4.74 Å². The highest BCUT2D eigenvalue weighted by molar-refractivity contribution is 5.53. The van der Waals surface area contributed by atoms with E-state index in [4.69, 9.17) is 9.15 Å². The molecule has 5 nitrogen and oxygen atoms in total. The topological polar surface area (TPSA) is 52.6 Å². The van der Waals surface area contributed by atoms with Crippen molar-refractivity contribution in [3.63, 3.8) is 0 Å². The summed E-state index contributed by atoms with van der Waals surface area (Å²) in [4.78, 5) is 4.37. The average Bonchev–Trinajstić information content (AvgIpc) is 2.93. The third-order valence-electron chi connectivity index (χ3n) is 2.50. The molecular formula is C12H11N3O2. The first-order valence-electron chi connectivity index (χ1n) is 5.23. The van der Waals surface area contributed by atoms with Gasteiger partial charge in [-0.1, -0.05) is 0 Å². The van der Waals surface area contributed by atoms with Crippen molar-refractivity contribution in [2.75, 3.05) is 7.11 Å². The lowest BCUT2D eigenvalue weighted by Crippen LogP contribution is -1.89. The zero-order valence-corrected chi connectivity index (χ0v) is 9.54. The fraction of sp³-hybridized carbons (Fsp3) is 0.167. The van der Waals surface area contributed by atoms with Crippen LogP contribution in [0.25, 0.3) is 17.2 Å². The lowest BCUT2D eigenvalue weighted by Gasteiger charge is -1.97. The van der Waals surface area contributed by atoms with E-state index in [0.717, 1.165) is 17.2 Å². The van der Waals surface area contributed by atoms with Crippen LogP contribution >= 0.6 is 0 Å². The molecule has 86 valence electrons. The number of aryl methyl sites for hydroxylation is 1. The van der Waals surface area contributed by atoms with Crippen molar-refractivity contribution in [2.45, 2.75) is 6.92 Å². The van der Waals surface area contributed by atoms with Gasteiger partial charge >= 0.3 is 0 Å². The Morgan fingerprint density at radius 2 is 2.12 bits per heavy atom. The summed E-state index contributed by atoms with van der Waals surface area (Å²) >= 11 is 0. The van der Waals surface area contributed by atoms with Gasteiger partial charge < -0.3 is 9.15 Å². The minimum absolute atomic E-state index is 0.575. The molecule has 0 fully saturated rings. The molecule has 3 aromatic rings. The van der Waals surface area contributed by atoms with E-state index in [9.17, 15) is 0 Å². The van der Waals surface area contributed by atoms with Crippen LogP contribution in [0.4, 0.5) is 0 Å². The molecule has 0 aliphatic heterocycles. The maximum Gasteiger partial charge on any atom is 0.217 e. The minimum atomic E-state index is 0.575. The van der Waals surface area contributed by atoms with E-state index in [1.807, 2.05) is 31.2 Å². The van der Waals surface area contributed by atoms with Crippen molar-refractivity contribution in [3.8, 4) is 17.3 Å². The summed E-state index contributed by atoms with van der Waals surface area (Å²) < 4.78 is 12.3. The van der Waals surface area contributed by atoms with Crippen molar-refractivity contribution in [2.24, 2.45) is 0 Å². The fourth-order valence-electron chi connectivity index (χ4n) is 1.64. The number of hydrogen-bond acceptors (Lipinski definition) is 4. The fourth-order valence-corrected chi connectivity index (χ4v) is 1.64. The zero-order valence-electron chi connectivity index (χ0n) is 9.54. The molecule has 0 atom stereocenters. The molecule has 0 radical (unpaired) electrons. The molecule has 3 rings (SSSR count). The number of rotatable bonds is 2. The van der Waals surface area contributed by atoms with Crippen molar-refractivity contribution >= 4 is 5.65 Å². The number of hydrogen-bond donors (Lipinski definition) is 0. The van der Waals surface area contributed by atoms with Crippen LogP contribution in [0.3, 0.4) is 0 Å². The third-order valence-corrected chi connectivity index (χ3v) is 2.50. The van der Waals surface area contributed by atoms with Crippen LogP contribution in [0.1, 0.15) is 5.76 Å². The summed E-state index contributed by atoms with van der Waals surface area (Å²) in [6.07, 6.45) is 1.78. The predicted octanol–water partition coefficient (Wildman–Crippen LogP) is 2.31. The summed E-state index contributed by atoms with van der Waals surface area (Å²) in [7, 11) is 1.62. The molecule has 0 amide bonds. The van der Waals surface area contributed by atoms with E-state index < -0.39 is 0 Å². The van der Waals surface area contributed by atoms with E-state index in [1.165, 1.54) is 0 Å². The van der Waals surface area contributed by atoms with Gasteiger partial charge in [0, 0.05) is 0 Å². The van der Waals surface area contributed by atoms with Gasteiger partial charge in [-0.3, -0.25) is 0 Å². The number of pyridine rings is 1. The molecule has 3 aromatic heterocycles. The van der Waals surface area contributed by atoms with Crippen LogP contribution in [0.5, 0.6) is 5.75 Å². The second-order valence-corrected chi connectivity index (χ2v) is 3.72. The van der Waals surface area contributed by atoms with Gasteiger partial charge in [0.1, 0.15) is 11.5 Å². The second kappa shape index (κ2) is 3.62. The van der Waals surface area contributed by atoms with Crippen molar-refractivity contribution in [3.05, 3.63) is 36.2 Å². The highest BCUT2D eigenvalue weighted by Crippen LogP contribution is 2.20. The number of ether oxygens (including phenoxy) is 1. The SMILES string of the molecule is COc1ccc2nc(-c3ccc(C)o3)nn2c1. The number of nitrogens with zero attached hydrogens (tertiary/aromatic N) is 3. The number of aromatic nitrogens is 3. The lowest BCUT2D eigenvalue weighted by atomic mass is 10.4. The standard InChI is InChI=1S/C12H11N3O2/c1-8-3-5-10(17-8)12-13-11-6-4-9(16-2)7-15(11)14-12/h3-7H,1-2H3. The molecular weight excluding hydrogens is 218 g/mol. The first-order chi connectivity index (χ1) is 8.26. The quantitative estimate of drug-likeness (QED) is 0.676. The Morgan fingerprint density at radius 1 is 1.24 bits per heavy atom. The van der Waals surface area contributed by atoms with Gasteiger partial charge in [-0.15, -0.1) is 5.10 Å². The Balaban J connectivity index is 2.13. The van der Waals surface area contributed by atoms with Crippen molar-refractivity contribution in [1.29, 1.82) is 0 Å². The highest BCUT2D eigenvalue weighted by atomic mass is 16.5. The average molecular weight is 229 g/mol. The molecule has 0 bridgehead atoms. The summed E-state index contributed by atoms with van der Waals surface area (Å²) in [6, 6.07) is 7.45. The van der Waals surface area contributed by atoms with Crippen LogP contribution in [0.15, 0.2) is 34.9 Å². The Morgan fingerprint density at radius 3 is 2.82 bits per heavy atom. The normalized spacial score (nSPS) is 10.9. The molecule has 17 heavy (non-hydrogen) atoms. The zero-order chi connectivity index (χ0) is 11.8. The van der Waals surface area contributed by atoms with Crippen LogP contribution in [-0.4, -0.2) is 21.7 Å². The monoisotopic (exact) mass is 229 g/mol. The van der Waals surface area contributed by atoms with Gasteiger partial charge in [-0.05, 0) is 31.2 Å². The largest absolute Gasteiger partial charge is 0.495 e. The van der Waals surface area contributed by atoms with Crippen LogP contribution in [0, 0.1) is 6.92 Å². The molecule has 0 aliphatic carbocycles. The van der Waals surface area contributed by atoms with Gasteiger partial charge in [0.05, 0.1) is 13.3 Å². The molecule has 0 spiro atoms. The molecule has 3 heterocycles. The lowest BCUT2D eigenvalue weighted by molar-refractivity contribution is 0.411. The summed E-state index contributed by atoms with van der Waals surface area (Å²) in [5.41, 5.74) is 0.759. The van der Waals surface area contributed by atoms with E-state index in [2.05, 4.69) is 10.1 Å². The van der Waals surface area contributed by atoms with E-state index in [-0.39, 0.29) is 0 Å². The van der Waals surface area contributed by atoms with Gasteiger partial charge in [0.2, 0.25) is 5.82 Å². The van der Waals surface area contributed by atoms with Crippen LogP contribution in [-0.2, 0) is 0 Å².